The number of nitrogens with zero attached hydrogens (tertiary/aromatic N) is 3. The van der Waals surface area contributed by atoms with Crippen molar-refractivity contribution < 1.29 is 9.53 Å². The van der Waals surface area contributed by atoms with Crippen molar-refractivity contribution in [3.8, 4) is 0 Å². The van der Waals surface area contributed by atoms with Crippen molar-refractivity contribution in [2.24, 2.45) is 17.8 Å². The van der Waals surface area contributed by atoms with Crippen molar-refractivity contribution in [2.45, 2.75) is 69.9 Å². The third kappa shape index (κ3) is 3.21. The van der Waals surface area contributed by atoms with Crippen LogP contribution in [0.5, 0.6) is 0 Å². The van der Waals surface area contributed by atoms with Crippen LogP contribution < -0.4 is 5.56 Å². The zero-order valence-electron chi connectivity index (χ0n) is 19.0. The first-order valence-corrected chi connectivity index (χ1v) is 12.5. The summed E-state index contributed by atoms with van der Waals surface area (Å²) in [6.45, 7) is 4.05. The molecule has 1 aliphatic heterocycles. The zero-order valence-corrected chi connectivity index (χ0v) is 19.0. The second-order valence-corrected chi connectivity index (χ2v) is 10.7. The fourth-order valence-electron chi connectivity index (χ4n) is 7.90. The molecule has 4 bridgehead atoms. The lowest BCUT2D eigenvalue weighted by Crippen LogP contribution is -2.61. The van der Waals surface area contributed by atoms with Gasteiger partial charge < -0.3 is 9.30 Å². The van der Waals surface area contributed by atoms with Crippen LogP contribution in [0.3, 0.4) is 0 Å². The molecule has 2 aromatic rings. The number of carbonyl (C=O) groups excluding carboxylic acids is 1. The van der Waals surface area contributed by atoms with Crippen LogP contribution in [0.4, 0.5) is 0 Å². The van der Waals surface area contributed by atoms with Crippen LogP contribution in [0.1, 0.15) is 74.8 Å². The summed E-state index contributed by atoms with van der Waals surface area (Å²) >= 11 is 0. The molecule has 1 aromatic carbocycles. The lowest BCUT2D eigenvalue weighted by Gasteiger charge is -2.61. The first-order chi connectivity index (χ1) is 15.6. The number of para-hydroxylation sites is 2. The van der Waals surface area contributed by atoms with Gasteiger partial charge >= 0.3 is 5.97 Å². The number of hydrogen-bond acceptors (Lipinski definition) is 5. The Hall–Kier alpha value is -2.21. The number of hydrogen-bond donors (Lipinski definition) is 0. The molecule has 0 atom stereocenters. The number of carbonyl (C=O) groups is 1. The van der Waals surface area contributed by atoms with E-state index in [2.05, 4.69) is 9.88 Å². The van der Waals surface area contributed by atoms with Gasteiger partial charge in [0.15, 0.2) is 0 Å². The molecule has 0 spiro atoms. The number of aromatic nitrogens is 2. The van der Waals surface area contributed by atoms with Gasteiger partial charge in [-0.2, -0.15) is 0 Å². The molecule has 0 radical (unpaired) electrons. The van der Waals surface area contributed by atoms with Crippen molar-refractivity contribution in [1.82, 2.24) is 14.5 Å². The van der Waals surface area contributed by atoms with Crippen LogP contribution in [0.2, 0.25) is 0 Å². The minimum Gasteiger partial charge on any atom is -0.461 e. The fraction of sp³-hybridized carbons (Fsp3) is 0.654. The molecule has 2 heterocycles. The number of rotatable bonds is 4. The maximum absolute atomic E-state index is 13.4. The molecule has 170 valence electrons. The molecule has 0 unspecified atom stereocenters. The van der Waals surface area contributed by atoms with E-state index in [-0.39, 0.29) is 23.9 Å². The van der Waals surface area contributed by atoms with E-state index in [9.17, 15) is 9.59 Å². The fourth-order valence-corrected chi connectivity index (χ4v) is 7.90. The van der Waals surface area contributed by atoms with Crippen molar-refractivity contribution in [2.75, 3.05) is 19.7 Å². The van der Waals surface area contributed by atoms with E-state index < -0.39 is 5.97 Å². The van der Waals surface area contributed by atoms with Crippen LogP contribution in [-0.4, -0.2) is 45.7 Å². The minimum atomic E-state index is -0.622. The summed E-state index contributed by atoms with van der Waals surface area (Å²) in [7, 11) is 0. The van der Waals surface area contributed by atoms with Crippen molar-refractivity contribution in [1.29, 1.82) is 0 Å². The third-order valence-corrected chi connectivity index (χ3v) is 8.77. The molecule has 1 aromatic heterocycles. The second kappa shape index (κ2) is 7.68. The first-order valence-electron chi connectivity index (χ1n) is 12.5. The van der Waals surface area contributed by atoms with Gasteiger partial charge in [-0.15, -0.1) is 0 Å². The molecule has 0 amide bonds. The van der Waals surface area contributed by atoms with Crippen LogP contribution in [0.15, 0.2) is 29.1 Å². The average Bonchev–Trinajstić information content (AvgIpc) is 2.78. The van der Waals surface area contributed by atoms with Crippen LogP contribution in [-0.2, 0) is 4.74 Å². The average molecular weight is 436 g/mol. The summed E-state index contributed by atoms with van der Waals surface area (Å²) in [4.78, 5) is 33.0. The molecule has 6 heteroatoms. The molecule has 6 nitrogen and oxygen atoms in total. The van der Waals surface area contributed by atoms with Gasteiger partial charge in [-0.1, -0.05) is 12.1 Å². The van der Waals surface area contributed by atoms with E-state index in [0.717, 1.165) is 49.2 Å². The third-order valence-electron chi connectivity index (χ3n) is 8.77. The van der Waals surface area contributed by atoms with E-state index >= 15 is 0 Å². The van der Waals surface area contributed by atoms with Gasteiger partial charge in [0, 0.05) is 24.7 Å². The maximum Gasteiger partial charge on any atom is 0.362 e. The molecule has 5 fully saturated rings. The van der Waals surface area contributed by atoms with Crippen molar-refractivity contribution in [3.05, 3.63) is 40.3 Å². The van der Waals surface area contributed by atoms with Crippen molar-refractivity contribution in [3.63, 3.8) is 0 Å². The highest BCUT2D eigenvalue weighted by Crippen LogP contribution is 2.58. The van der Waals surface area contributed by atoms with Crippen molar-refractivity contribution >= 4 is 17.0 Å². The smallest absolute Gasteiger partial charge is 0.362 e. The summed E-state index contributed by atoms with van der Waals surface area (Å²) in [6, 6.07) is 7.75. The van der Waals surface area contributed by atoms with E-state index in [1.54, 1.807) is 6.92 Å². The van der Waals surface area contributed by atoms with Gasteiger partial charge in [-0.25, -0.2) is 9.78 Å². The maximum atomic E-state index is 13.4. The summed E-state index contributed by atoms with van der Waals surface area (Å²) in [5, 5.41) is 0. The highest BCUT2D eigenvalue weighted by atomic mass is 16.5. The number of esters is 1. The Bertz CT molecular complexity index is 1060. The number of fused-ring (bicyclic) bond motifs is 1. The predicted octanol–water partition coefficient (Wildman–Crippen LogP) is 4.18. The summed E-state index contributed by atoms with van der Waals surface area (Å²) in [5.41, 5.74) is 1.52. The van der Waals surface area contributed by atoms with Gasteiger partial charge in [0.05, 0.1) is 17.6 Å². The second-order valence-electron chi connectivity index (χ2n) is 10.7. The Morgan fingerprint density at radius 1 is 1.06 bits per heavy atom. The predicted molar refractivity (Wildman–Crippen MR) is 123 cm³/mol. The summed E-state index contributed by atoms with van der Waals surface area (Å²) < 4.78 is 6.97. The first kappa shape index (κ1) is 20.4. The monoisotopic (exact) mass is 435 g/mol. The lowest BCUT2D eigenvalue weighted by atomic mass is 9.52. The van der Waals surface area contributed by atoms with Crippen LogP contribution >= 0.6 is 0 Å². The van der Waals surface area contributed by atoms with Gasteiger partial charge in [0.2, 0.25) is 5.69 Å². The summed E-state index contributed by atoms with van der Waals surface area (Å²) in [6.07, 6.45) is 10.4. The Balaban J connectivity index is 1.29. The molecule has 5 aliphatic rings. The topological polar surface area (TPSA) is 64.4 Å². The quantitative estimate of drug-likeness (QED) is 0.674. The van der Waals surface area contributed by atoms with E-state index in [1.807, 2.05) is 28.8 Å². The highest BCUT2D eigenvalue weighted by molar-refractivity contribution is 5.89. The Labute approximate surface area is 189 Å². The Morgan fingerprint density at radius 3 is 2.31 bits per heavy atom. The Kier molecular flexibility index (Phi) is 4.90. The Morgan fingerprint density at radius 2 is 1.69 bits per heavy atom. The highest BCUT2D eigenvalue weighted by Gasteiger charge is 2.53. The molecule has 32 heavy (non-hydrogen) atoms. The molecule has 4 saturated carbocycles. The molecule has 1 saturated heterocycles. The van der Waals surface area contributed by atoms with Gasteiger partial charge in [-0.3, -0.25) is 9.69 Å². The summed E-state index contributed by atoms with van der Waals surface area (Å²) in [5.74, 6) is 2.21. The molecule has 7 rings (SSSR count). The van der Waals surface area contributed by atoms with Crippen LogP contribution in [0.25, 0.3) is 11.0 Å². The number of ether oxygens (including phenoxy) is 1. The SMILES string of the molecule is CCOC(=O)c1nc2ccccc2n(C2CCN(C34CC5CC(CC(C5)C3)C4)CC2)c1=O. The minimum absolute atomic E-state index is 0.0888. The zero-order chi connectivity index (χ0) is 21.9. The van der Waals surface area contributed by atoms with E-state index in [0.29, 0.717) is 11.1 Å². The van der Waals surface area contributed by atoms with Crippen LogP contribution in [0, 0.1) is 17.8 Å². The normalized spacial score (nSPS) is 32.5. The number of benzene rings is 1. The molecule has 0 N–H and O–H groups in total. The molecular weight excluding hydrogens is 402 g/mol. The standard InChI is InChI=1S/C26H33N3O3/c1-2-32-25(31)23-24(30)29(22-6-4-3-5-21(22)27-23)20-7-9-28(10-8-20)26-14-17-11-18(15-26)13-19(12-17)16-26/h3-6,17-20H,2,7-16H2,1H3. The van der Waals surface area contributed by atoms with E-state index in [4.69, 9.17) is 4.74 Å². The molecular formula is C26H33N3O3. The largest absolute Gasteiger partial charge is 0.461 e. The lowest BCUT2D eigenvalue weighted by molar-refractivity contribution is -0.0974. The number of likely N-dealkylation sites (tertiary alicyclic amines) is 1. The van der Waals surface area contributed by atoms with Gasteiger partial charge in [-0.05, 0) is 88.2 Å². The number of piperidine rings is 1. The molecule has 4 aliphatic carbocycles. The van der Waals surface area contributed by atoms with Gasteiger partial charge in [0.1, 0.15) is 0 Å². The van der Waals surface area contributed by atoms with E-state index in [1.165, 1.54) is 38.5 Å². The van der Waals surface area contributed by atoms with Gasteiger partial charge in [0.25, 0.3) is 5.56 Å².